The van der Waals surface area contributed by atoms with E-state index in [4.69, 9.17) is 16.2 Å². The second-order valence-corrected chi connectivity index (χ2v) is 5.37. The third kappa shape index (κ3) is 2.93. The van der Waals surface area contributed by atoms with Gasteiger partial charge in [-0.25, -0.2) is 0 Å². The fourth-order valence-electron chi connectivity index (χ4n) is 1.16. The molecule has 0 bridgehead atoms. The molecule has 5 nitrogen and oxygen atoms in total. The largest absolute Gasteiger partial charge is 0.379 e. The Labute approximate surface area is 101 Å². The van der Waals surface area contributed by atoms with Crippen molar-refractivity contribution in [2.45, 2.75) is 19.8 Å². The zero-order chi connectivity index (χ0) is 11.6. The van der Waals surface area contributed by atoms with Crippen molar-refractivity contribution in [1.29, 1.82) is 0 Å². The molecule has 1 heterocycles. The lowest BCUT2D eigenvalue weighted by Gasteiger charge is -2.02. The number of nitrogens with zero attached hydrogens (tertiary/aromatic N) is 2. The van der Waals surface area contributed by atoms with E-state index in [0.29, 0.717) is 38.7 Å². The first-order valence-electron chi connectivity index (χ1n) is 4.16. The Balaban J connectivity index is 3.22. The van der Waals surface area contributed by atoms with Crippen LogP contribution in [0.15, 0.2) is 4.47 Å². The quantitative estimate of drug-likeness (QED) is 0.678. The number of alkyl halides is 1. The molecule has 0 aliphatic carbocycles. The predicted octanol–water partition coefficient (Wildman–Crippen LogP) is 1.78. The molecule has 0 fully saturated rings. The molecule has 1 aromatic heterocycles. The van der Waals surface area contributed by atoms with Crippen LogP contribution in [-0.2, 0) is 16.7 Å². The van der Waals surface area contributed by atoms with E-state index in [2.05, 4.69) is 21.0 Å². The van der Waals surface area contributed by atoms with Gasteiger partial charge in [-0.1, -0.05) is 0 Å². The molecule has 8 heteroatoms. The molecule has 0 aromatic carbocycles. The highest BCUT2D eigenvalue weighted by Gasteiger charge is 2.20. The second kappa shape index (κ2) is 4.82. The molecule has 1 aromatic rings. The van der Waals surface area contributed by atoms with E-state index < -0.39 is 10.3 Å². The number of halogens is 2. The molecule has 0 aliphatic heterocycles. The van der Waals surface area contributed by atoms with Gasteiger partial charge in [-0.3, -0.25) is 4.55 Å². The van der Waals surface area contributed by atoms with Crippen LogP contribution in [0.5, 0.6) is 0 Å². The zero-order valence-electron chi connectivity index (χ0n) is 7.94. The van der Waals surface area contributed by atoms with E-state index >= 15 is 0 Å². The first-order valence-corrected chi connectivity index (χ1v) is 6.88. The molecule has 0 amide bonds. The third-order valence-corrected chi connectivity index (χ3v) is 3.85. The van der Waals surface area contributed by atoms with E-state index in [1.165, 1.54) is 0 Å². The highest BCUT2D eigenvalue weighted by Crippen LogP contribution is 2.23. The van der Waals surface area contributed by atoms with Crippen LogP contribution < -0.4 is 0 Å². The molecule has 0 atom stereocenters. The van der Waals surface area contributed by atoms with E-state index in [-0.39, 0.29) is 0 Å². The molecule has 15 heavy (non-hydrogen) atoms. The van der Waals surface area contributed by atoms with Crippen LogP contribution in [0.1, 0.15) is 17.8 Å². The van der Waals surface area contributed by atoms with Gasteiger partial charge in [-0.15, -0.1) is 15.7 Å². The van der Waals surface area contributed by atoms with Crippen LogP contribution in [-0.4, -0.2) is 28.0 Å². The summed E-state index contributed by atoms with van der Waals surface area (Å²) in [5.74, 6) is 0.419. The summed E-state index contributed by atoms with van der Waals surface area (Å²) in [6.07, 6.45) is 1.05. The van der Waals surface area contributed by atoms with Gasteiger partial charge >= 0.3 is 10.3 Å². The van der Waals surface area contributed by atoms with E-state index in [1.807, 2.05) is 0 Å². The van der Waals surface area contributed by atoms with Crippen molar-refractivity contribution in [2.75, 3.05) is 5.88 Å². The molecule has 0 unspecified atom stereocenters. The average Bonchev–Trinajstić information content (AvgIpc) is 2.40. The van der Waals surface area contributed by atoms with Gasteiger partial charge in [0, 0.05) is 5.88 Å². The normalized spacial score (nSPS) is 12.0. The van der Waals surface area contributed by atoms with Crippen molar-refractivity contribution >= 4 is 37.8 Å². The smallest absolute Gasteiger partial charge is 0.268 e. The summed E-state index contributed by atoms with van der Waals surface area (Å²) in [5, 5.41) is 3.72. The summed E-state index contributed by atoms with van der Waals surface area (Å²) in [4.78, 5) is 0. The number of rotatable bonds is 4. The van der Waals surface area contributed by atoms with Crippen LogP contribution in [0.3, 0.4) is 0 Å². The van der Waals surface area contributed by atoms with Crippen molar-refractivity contribution in [3.05, 3.63) is 15.9 Å². The number of aromatic nitrogens is 2. The first-order chi connectivity index (χ1) is 6.88. The highest BCUT2D eigenvalue weighted by molar-refractivity contribution is 9.10. The maximum Gasteiger partial charge on any atom is 0.379 e. The predicted molar refractivity (Wildman–Crippen MR) is 60.7 cm³/mol. The van der Waals surface area contributed by atoms with Crippen LogP contribution >= 0.6 is 27.5 Å². The average molecular weight is 318 g/mol. The van der Waals surface area contributed by atoms with Gasteiger partial charge in [0.25, 0.3) is 0 Å². The molecular formula is C7H10BrClN2O3S. The van der Waals surface area contributed by atoms with Gasteiger partial charge in [0.15, 0.2) is 0 Å². The van der Waals surface area contributed by atoms with Crippen molar-refractivity contribution in [2.24, 2.45) is 0 Å². The van der Waals surface area contributed by atoms with Gasteiger partial charge in [0.1, 0.15) is 0 Å². The van der Waals surface area contributed by atoms with Gasteiger partial charge in [0.2, 0.25) is 0 Å². The summed E-state index contributed by atoms with van der Waals surface area (Å²) in [6, 6.07) is 0. The molecule has 1 N–H and O–H groups in total. The molecule has 1 rings (SSSR count). The van der Waals surface area contributed by atoms with Gasteiger partial charge < -0.3 is 0 Å². The molecule has 0 aliphatic rings. The second-order valence-electron chi connectivity index (χ2n) is 2.96. The Morgan fingerprint density at radius 3 is 2.67 bits per heavy atom. The summed E-state index contributed by atoms with van der Waals surface area (Å²) < 4.78 is 32.1. The van der Waals surface area contributed by atoms with Gasteiger partial charge in [-0.05, 0) is 35.7 Å². The fourth-order valence-corrected chi connectivity index (χ4v) is 2.55. The summed E-state index contributed by atoms with van der Waals surface area (Å²) >= 11 is 8.74. The lowest BCUT2D eigenvalue weighted by Crippen LogP contribution is -2.16. The molecular weight excluding hydrogens is 308 g/mol. The highest BCUT2D eigenvalue weighted by atomic mass is 79.9. The van der Waals surface area contributed by atoms with Crippen LogP contribution in [0.4, 0.5) is 0 Å². The topological polar surface area (TPSA) is 72.2 Å². The van der Waals surface area contributed by atoms with E-state index in [9.17, 15) is 8.42 Å². The minimum atomic E-state index is -4.33. The Morgan fingerprint density at radius 2 is 2.20 bits per heavy atom. The Bertz CT molecular complexity index is 457. The zero-order valence-corrected chi connectivity index (χ0v) is 11.1. The Kier molecular flexibility index (Phi) is 4.16. The SMILES string of the molecule is Cc1nn(S(=O)(=O)O)c(CCCCl)c1Br. The first kappa shape index (κ1) is 13.0. The molecule has 86 valence electrons. The molecule has 0 saturated heterocycles. The number of hydrogen-bond donors (Lipinski definition) is 1. The maximum atomic E-state index is 11.0. The molecule has 0 radical (unpaired) electrons. The van der Waals surface area contributed by atoms with Crippen molar-refractivity contribution < 1.29 is 13.0 Å². The lowest BCUT2D eigenvalue weighted by atomic mass is 10.2. The third-order valence-electron chi connectivity index (χ3n) is 1.81. The standard InChI is InChI=1S/C7H10BrClN2O3S/c1-5-7(8)6(3-2-4-9)11(10-5)15(12,13)14/h2-4H2,1H3,(H,12,13,14). The minimum absolute atomic E-state index is 0.413. The molecule has 0 spiro atoms. The maximum absolute atomic E-state index is 11.0. The minimum Gasteiger partial charge on any atom is -0.268 e. The van der Waals surface area contributed by atoms with Crippen molar-refractivity contribution in [3.63, 3.8) is 0 Å². The monoisotopic (exact) mass is 316 g/mol. The number of aryl methyl sites for hydroxylation is 1. The van der Waals surface area contributed by atoms with Gasteiger partial charge in [0.05, 0.1) is 15.9 Å². The fraction of sp³-hybridized carbons (Fsp3) is 0.571. The van der Waals surface area contributed by atoms with Crippen LogP contribution in [0, 0.1) is 6.92 Å². The summed E-state index contributed by atoms with van der Waals surface area (Å²) in [5.41, 5.74) is 0.924. The Hall–Kier alpha value is -0.110. The lowest BCUT2D eigenvalue weighted by molar-refractivity contribution is 0.462. The van der Waals surface area contributed by atoms with E-state index in [0.717, 1.165) is 0 Å². The van der Waals surface area contributed by atoms with E-state index in [1.54, 1.807) is 6.92 Å². The van der Waals surface area contributed by atoms with Crippen molar-refractivity contribution in [1.82, 2.24) is 9.19 Å². The molecule has 0 saturated carbocycles. The summed E-state index contributed by atoms with van der Waals surface area (Å²) in [6.45, 7) is 1.65. The van der Waals surface area contributed by atoms with Crippen LogP contribution in [0.25, 0.3) is 0 Å². The van der Waals surface area contributed by atoms with Gasteiger partial charge in [-0.2, -0.15) is 13.5 Å². The summed E-state index contributed by atoms with van der Waals surface area (Å²) in [7, 11) is -4.33. The van der Waals surface area contributed by atoms with Crippen LogP contribution in [0.2, 0.25) is 0 Å². The van der Waals surface area contributed by atoms with Crippen molar-refractivity contribution in [3.8, 4) is 0 Å². The Morgan fingerprint density at radius 1 is 1.60 bits per heavy atom. The number of hydrogen-bond acceptors (Lipinski definition) is 3.